The zero-order valence-electron chi connectivity index (χ0n) is 12.7. The van der Waals surface area contributed by atoms with Gasteiger partial charge in [0.2, 0.25) is 0 Å². The van der Waals surface area contributed by atoms with E-state index in [-0.39, 0.29) is 0 Å². The van der Waals surface area contributed by atoms with Crippen LogP contribution in [0, 0.1) is 0 Å². The predicted molar refractivity (Wildman–Crippen MR) is 84.1 cm³/mol. The molecule has 2 aliphatic heterocycles. The Morgan fingerprint density at radius 3 is 2.57 bits per heavy atom. The SMILES string of the molecule is CN1CCC[C@H]1CON1C=CC=C(Cl)N1.O=C(O)/C=C/C(=O)O. The Labute approximate surface area is 139 Å². The fourth-order valence-corrected chi connectivity index (χ4v) is 2.12. The highest BCUT2D eigenvalue weighted by molar-refractivity contribution is 6.29. The third kappa shape index (κ3) is 8.24. The summed E-state index contributed by atoms with van der Waals surface area (Å²) in [7, 11) is 2.13. The Morgan fingerprint density at radius 2 is 2.09 bits per heavy atom. The summed E-state index contributed by atoms with van der Waals surface area (Å²) >= 11 is 5.80. The molecule has 0 aromatic heterocycles. The van der Waals surface area contributed by atoms with Crippen LogP contribution in [0.5, 0.6) is 0 Å². The number of carboxylic acid groups (broad SMARTS) is 2. The Balaban J connectivity index is 0.000000284. The van der Waals surface area contributed by atoms with Gasteiger partial charge in [0.15, 0.2) is 0 Å². The minimum atomic E-state index is -1.26. The van der Waals surface area contributed by atoms with Gasteiger partial charge >= 0.3 is 11.9 Å². The van der Waals surface area contributed by atoms with Crippen molar-refractivity contribution in [3.63, 3.8) is 0 Å². The number of likely N-dealkylation sites (tertiary alicyclic amines) is 1. The molecule has 9 heteroatoms. The van der Waals surface area contributed by atoms with Gasteiger partial charge in [-0.25, -0.2) is 9.59 Å². The van der Waals surface area contributed by atoms with Gasteiger partial charge in [0.1, 0.15) is 5.16 Å². The van der Waals surface area contributed by atoms with E-state index in [0.29, 0.717) is 30.0 Å². The van der Waals surface area contributed by atoms with Crippen LogP contribution in [0.1, 0.15) is 12.8 Å². The van der Waals surface area contributed by atoms with E-state index < -0.39 is 11.9 Å². The number of rotatable bonds is 5. The Hall–Kier alpha value is -2.03. The molecule has 0 radical (unpaired) electrons. The molecule has 1 saturated heterocycles. The maximum absolute atomic E-state index is 9.55. The molecule has 1 atom stereocenters. The number of carbonyl (C=O) groups is 2. The number of hydrazine groups is 1. The molecule has 1 fully saturated rings. The van der Waals surface area contributed by atoms with E-state index in [9.17, 15) is 9.59 Å². The van der Waals surface area contributed by atoms with Crippen LogP contribution in [0.25, 0.3) is 0 Å². The molecule has 23 heavy (non-hydrogen) atoms. The second kappa shape index (κ2) is 9.88. The number of hydrogen-bond acceptors (Lipinski definition) is 6. The molecule has 2 rings (SSSR count). The zero-order valence-corrected chi connectivity index (χ0v) is 13.4. The highest BCUT2D eigenvalue weighted by atomic mass is 35.5. The summed E-state index contributed by atoms with van der Waals surface area (Å²) in [6.07, 6.45) is 9.01. The van der Waals surface area contributed by atoms with E-state index in [1.807, 2.05) is 6.08 Å². The predicted octanol–water partition coefficient (Wildman–Crippen LogP) is 1.14. The van der Waals surface area contributed by atoms with Crippen LogP contribution in [-0.4, -0.2) is 58.5 Å². The minimum absolute atomic E-state index is 0.518. The van der Waals surface area contributed by atoms with Gasteiger partial charge in [-0.2, -0.15) is 5.17 Å². The van der Waals surface area contributed by atoms with E-state index in [4.69, 9.17) is 26.7 Å². The van der Waals surface area contributed by atoms with Crippen LogP contribution in [0.3, 0.4) is 0 Å². The first-order chi connectivity index (χ1) is 10.9. The number of likely N-dealkylation sites (N-methyl/N-ethyl adjacent to an activating group) is 1. The first-order valence-electron chi connectivity index (χ1n) is 6.95. The molecule has 0 aromatic carbocycles. The minimum Gasteiger partial charge on any atom is -0.478 e. The maximum Gasteiger partial charge on any atom is 0.328 e. The third-order valence-electron chi connectivity index (χ3n) is 3.13. The zero-order chi connectivity index (χ0) is 17.2. The Morgan fingerprint density at radius 1 is 1.43 bits per heavy atom. The summed E-state index contributed by atoms with van der Waals surface area (Å²) in [5.41, 5.74) is 2.89. The topological polar surface area (TPSA) is 102 Å². The molecule has 128 valence electrons. The van der Waals surface area contributed by atoms with Gasteiger partial charge in [0.25, 0.3) is 0 Å². The number of nitrogens with one attached hydrogen (secondary N) is 1. The first kappa shape index (κ1) is 19.0. The number of allylic oxidation sites excluding steroid dienone is 2. The molecular formula is C14H20ClN3O5. The molecule has 0 aliphatic carbocycles. The number of hydrogen-bond donors (Lipinski definition) is 3. The lowest BCUT2D eigenvalue weighted by atomic mass is 10.2. The van der Waals surface area contributed by atoms with Gasteiger partial charge in [-0.3, -0.25) is 10.3 Å². The summed E-state index contributed by atoms with van der Waals surface area (Å²) in [5, 5.41) is 17.7. The van der Waals surface area contributed by atoms with Crippen molar-refractivity contribution in [1.29, 1.82) is 0 Å². The van der Waals surface area contributed by atoms with E-state index in [1.54, 1.807) is 17.4 Å². The lowest BCUT2D eigenvalue weighted by Gasteiger charge is -2.26. The molecule has 0 saturated carbocycles. The number of carboxylic acids is 2. The molecule has 0 amide bonds. The molecule has 8 nitrogen and oxygen atoms in total. The first-order valence-corrected chi connectivity index (χ1v) is 7.33. The number of aliphatic carboxylic acids is 2. The van der Waals surface area contributed by atoms with E-state index >= 15 is 0 Å². The second-order valence-corrected chi connectivity index (χ2v) is 5.28. The van der Waals surface area contributed by atoms with Gasteiger partial charge in [-0.1, -0.05) is 11.6 Å². The van der Waals surface area contributed by atoms with Crippen molar-refractivity contribution in [3.8, 4) is 0 Å². The molecule has 0 spiro atoms. The van der Waals surface area contributed by atoms with Crippen LogP contribution >= 0.6 is 11.6 Å². The van der Waals surface area contributed by atoms with Gasteiger partial charge in [-0.05, 0) is 38.6 Å². The summed E-state index contributed by atoms with van der Waals surface area (Å²) in [6, 6.07) is 0.518. The Bertz CT molecular complexity index is 491. The van der Waals surface area contributed by atoms with Gasteiger partial charge in [0, 0.05) is 18.2 Å². The van der Waals surface area contributed by atoms with Crippen molar-refractivity contribution in [3.05, 3.63) is 35.7 Å². The van der Waals surface area contributed by atoms with E-state index in [0.717, 1.165) is 6.54 Å². The van der Waals surface area contributed by atoms with E-state index in [2.05, 4.69) is 17.4 Å². The molecule has 2 heterocycles. The fourth-order valence-electron chi connectivity index (χ4n) is 1.96. The number of halogens is 1. The maximum atomic E-state index is 9.55. The monoisotopic (exact) mass is 345 g/mol. The van der Waals surface area contributed by atoms with Gasteiger partial charge < -0.3 is 15.1 Å². The van der Waals surface area contributed by atoms with Crippen molar-refractivity contribution < 1.29 is 24.6 Å². The molecule has 0 bridgehead atoms. The molecule has 0 aromatic rings. The van der Waals surface area contributed by atoms with Crippen LogP contribution in [0.2, 0.25) is 0 Å². The lowest BCUT2D eigenvalue weighted by molar-refractivity contribution is -0.160. The molecular weight excluding hydrogens is 326 g/mol. The standard InChI is InChI=1S/C10H16ClN3O.C4H4O4/c1-13-6-2-4-9(13)8-15-14-7-3-5-10(11)12-14;5-3(6)1-2-4(7)8/h3,5,7,9,12H,2,4,6,8H2,1H3;1-2H,(H,5,6)(H,7,8)/b;2-1+/t9-;/m0./s1. The number of nitrogens with zero attached hydrogens (tertiary/aromatic N) is 2. The van der Waals surface area contributed by atoms with Crippen LogP contribution in [-0.2, 0) is 14.4 Å². The van der Waals surface area contributed by atoms with Crippen molar-refractivity contribution in [2.24, 2.45) is 0 Å². The fraction of sp³-hybridized carbons (Fsp3) is 0.429. The van der Waals surface area contributed by atoms with E-state index in [1.165, 1.54) is 12.8 Å². The quantitative estimate of drug-likeness (QED) is 0.503. The normalized spacial score (nSPS) is 20.7. The molecule has 2 aliphatic rings. The number of hydroxylamine groups is 1. The smallest absolute Gasteiger partial charge is 0.328 e. The summed E-state index contributed by atoms with van der Waals surface area (Å²) in [6.45, 7) is 1.86. The van der Waals surface area contributed by atoms with Gasteiger partial charge in [0.05, 0.1) is 12.8 Å². The van der Waals surface area contributed by atoms with Gasteiger partial charge in [-0.15, -0.1) is 0 Å². The molecule has 0 unspecified atom stereocenters. The Kier molecular flexibility index (Phi) is 8.17. The largest absolute Gasteiger partial charge is 0.478 e. The second-order valence-electron chi connectivity index (χ2n) is 4.88. The summed E-state index contributed by atoms with van der Waals surface area (Å²) in [5.74, 6) is -2.51. The van der Waals surface area contributed by atoms with Crippen molar-refractivity contribution in [2.45, 2.75) is 18.9 Å². The summed E-state index contributed by atoms with van der Waals surface area (Å²) < 4.78 is 0. The van der Waals surface area contributed by atoms with Crippen LogP contribution < -0.4 is 5.43 Å². The average Bonchev–Trinajstić information content (AvgIpc) is 2.89. The van der Waals surface area contributed by atoms with Crippen LogP contribution in [0.4, 0.5) is 0 Å². The van der Waals surface area contributed by atoms with Crippen molar-refractivity contribution in [1.82, 2.24) is 15.5 Å². The van der Waals surface area contributed by atoms with Crippen LogP contribution in [0.15, 0.2) is 35.7 Å². The van der Waals surface area contributed by atoms with Crippen molar-refractivity contribution in [2.75, 3.05) is 20.2 Å². The lowest BCUT2D eigenvalue weighted by Crippen LogP contribution is -2.38. The highest BCUT2D eigenvalue weighted by Crippen LogP contribution is 2.15. The third-order valence-corrected chi connectivity index (χ3v) is 3.34. The molecule has 3 N–H and O–H groups in total. The highest BCUT2D eigenvalue weighted by Gasteiger charge is 2.21. The van der Waals surface area contributed by atoms with Crippen molar-refractivity contribution >= 4 is 23.5 Å². The average molecular weight is 346 g/mol. The summed E-state index contributed by atoms with van der Waals surface area (Å²) in [4.78, 5) is 27.0.